The number of alkyl carbamates (subject to hydrolysis) is 1. The molecule has 2 aliphatic rings. The zero-order valence-corrected chi connectivity index (χ0v) is 13.5. The molecule has 1 aliphatic heterocycles. The first kappa shape index (κ1) is 16.6. The lowest BCUT2D eigenvalue weighted by Crippen LogP contribution is -2.41. The summed E-state index contributed by atoms with van der Waals surface area (Å²) < 4.78 is 16.5. The van der Waals surface area contributed by atoms with Gasteiger partial charge in [0.15, 0.2) is 6.29 Å². The Labute approximate surface area is 127 Å². The molecular weight excluding hydrogens is 270 g/mol. The Balaban J connectivity index is 1.64. The SMILES string of the molecule is CC(C)(C)OC(=O)NC1CCC(CC2OCCCO2)CC1. The molecule has 0 bridgehead atoms. The van der Waals surface area contributed by atoms with E-state index in [1.165, 1.54) is 0 Å². The molecule has 2 rings (SSSR count). The Bertz CT molecular complexity index is 326. The molecule has 1 aliphatic carbocycles. The highest BCUT2D eigenvalue weighted by Crippen LogP contribution is 2.29. The van der Waals surface area contributed by atoms with Crippen molar-refractivity contribution in [3.05, 3.63) is 0 Å². The van der Waals surface area contributed by atoms with Crippen molar-refractivity contribution in [3.63, 3.8) is 0 Å². The maximum Gasteiger partial charge on any atom is 0.407 e. The van der Waals surface area contributed by atoms with Gasteiger partial charge in [0.1, 0.15) is 5.60 Å². The number of ether oxygens (including phenoxy) is 3. The van der Waals surface area contributed by atoms with E-state index in [-0.39, 0.29) is 18.4 Å². The summed E-state index contributed by atoms with van der Waals surface area (Å²) in [6.07, 6.45) is 5.92. The molecule has 0 spiro atoms. The fourth-order valence-corrected chi connectivity index (χ4v) is 2.96. The average Bonchev–Trinajstić information content (AvgIpc) is 2.40. The lowest BCUT2D eigenvalue weighted by atomic mass is 9.84. The molecule has 1 amide bonds. The van der Waals surface area contributed by atoms with Gasteiger partial charge < -0.3 is 19.5 Å². The first-order valence-corrected chi connectivity index (χ1v) is 8.15. The first-order valence-electron chi connectivity index (χ1n) is 8.15. The molecule has 5 heteroatoms. The predicted octanol–water partition coefficient (Wildman–Crippen LogP) is 3.22. The highest BCUT2D eigenvalue weighted by Gasteiger charge is 2.27. The van der Waals surface area contributed by atoms with Crippen LogP contribution in [0.4, 0.5) is 4.79 Å². The van der Waals surface area contributed by atoms with Gasteiger partial charge in [-0.2, -0.15) is 0 Å². The van der Waals surface area contributed by atoms with Crippen LogP contribution in [0.15, 0.2) is 0 Å². The lowest BCUT2D eigenvalue weighted by molar-refractivity contribution is -0.187. The van der Waals surface area contributed by atoms with Crippen LogP contribution >= 0.6 is 0 Å². The summed E-state index contributed by atoms with van der Waals surface area (Å²) in [5, 5.41) is 2.98. The Morgan fingerprint density at radius 1 is 1.14 bits per heavy atom. The van der Waals surface area contributed by atoms with Crippen molar-refractivity contribution in [3.8, 4) is 0 Å². The minimum absolute atomic E-state index is 0.0147. The van der Waals surface area contributed by atoms with E-state index in [0.29, 0.717) is 5.92 Å². The fraction of sp³-hybridized carbons (Fsp3) is 0.938. The molecule has 0 aromatic carbocycles. The maximum absolute atomic E-state index is 11.8. The second-order valence-corrected chi connectivity index (χ2v) is 7.12. The van der Waals surface area contributed by atoms with Crippen molar-refractivity contribution in [2.24, 2.45) is 5.92 Å². The quantitative estimate of drug-likeness (QED) is 0.869. The van der Waals surface area contributed by atoms with Crippen molar-refractivity contribution in [1.82, 2.24) is 5.32 Å². The number of amides is 1. The molecule has 1 N–H and O–H groups in total. The van der Waals surface area contributed by atoms with Crippen LogP contribution in [0.3, 0.4) is 0 Å². The standard InChI is InChI=1S/C16H29NO4/c1-16(2,3)21-15(18)17-13-7-5-12(6-8-13)11-14-19-9-4-10-20-14/h12-14H,4-11H2,1-3H3,(H,17,18). The first-order chi connectivity index (χ1) is 9.92. The van der Waals surface area contributed by atoms with Gasteiger partial charge in [-0.1, -0.05) is 0 Å². The molecule has 1 saturated heterocycles. The molecule has 21 heavy (non-hydrogen) atoms. The van der Waals surface area contributed by atoms with Crippen molar-refractivity contribution >= 4 is 6.09 Å². The molecule has 0 unspecified atom stereocenters. The van der Waals surface area contributed by atoms with Crippen molar-refractivity contribution < 1.29 is 19.0 Å². The highest BCUT2D eigenvalue weighted by atomic mass is 16.7. The molecule has 2 fully saturated rings. The summed E-state index contributed by atoms with van der Waals surface area (Å²) in [6, 6.07) is 0.240. The Hall–Kier alpha value is -0.810. The van der Waals surface area contributed by atoms with Gasteiger partial charge in [-0.3, -0.25) is 0 Å². The van der Waals surface area contributed by atoms with Gasteiger partial charge in [-0.15, -0.1) is 0 Å². The van der Waals surface area contributed by atoms with Gasteiger partial charge in [0.05, 0.1) is 13.2 Å². The molecule has 122 valence electrons. The molecule has 0 atom stereocenters. The van der Waals surface area contributed by atoms with Crippen LogP contribution in [0.2, 0.25) is 0 Å². The zero-order valence-electron chi connectivity index (χ0n) is 13.5. The van der Waals surface area contributed by atoms with Gasteiger partial charge in [-0.25, -0.2) is 4.79 Å². The van der Waals surface area contributed by atoms with Crippen LogP contribution < -0.4 is 5.32 Å². The van der Waals surface area contributed by atoms with E-state index in [2.05, 4.69) is 5.32 Å². The highest BCUT2D eigenvalue weighted by molar-refractivity contribution is 5.68. The van der Waals surface area contributed by atoms with Crippen LogP contribution in [0.25, 0.3) is 0 Å². The van der Waals surface area contributed by atoms with Crippen molar-refractivity contribution in [1.29, 1.82) is 0 Å². The monoisotopic (exact) mass is 299 g/mol. The molecule has 0 aromatic heterocycles. The largest absolute Gasteiger partial charge is 0.444 e. The number of carbonyl (C=O) groups is 1. The van der Waals surface area contributed by atoms with Crippen LogP contribution in [0.1, 0.15) is 59.3 Å². The third-order valence-corrected chi connectivity index (χ3v) is 3.99. The Kier molecular flexibility index (Phi) is 5.88. The summed E-state index contributed by atoms with van der Waals surface area (Å²) >= 11 is 0. The van der Waals surface area contributed by atoms with E-state index >= 15 is 0 Å². The van der Waals surface area contributed by atoms with Gasteiger partial charge >= 0.3 is 6.09 Å². The molecule has 1 heterocycles. The second kappa shape index (κ2) is 7.45. The summed E-state index contributed by atoms with van der Waals surface area (Å²) in [6.45, 7) is 7.29. The van der Waals surface area contributed by atoms with E-state index in [4.69, 9.17) is 14.2 Å². The normalized spacial score (nSPS) is 28.1. The summed E-state index contributed by atoms with van der Waals surface area (Å²) in [4.78, 5) is 11.8. The average molecular weight is 299 g/mol. The number of carbonyl (C=O) groups excluding carboxylic acids is 1. The smallest absolute Gasteiger partial charge is 0.407 e. The zero-order chi connectivity index (χ0) is 15.3. The van der Waals surface area contributed by atoms with E-state index in [0.717, 1.165) is 51.7 Å². The number of hydrogen-bond donors (Lipinski definition) is 1. The predicted molar refractivity (Wildman–Crippen MR) is 80.0 cm³/mol. The number of hydrogen-bond acceptors (Lipinski definition) is 4. The Morgan fingerprint density at radius 2 is 1.76 bits per heavy atom. The molecule has 0 aromatic rings. The van der Waals surface area contributed by atoms with Crippen LogP contribution in [-0.2, 0) is 14.2 Å². The van der Waals surface area contributed by atoms with Crippen molar-refractivity contribution in [2.75, 3.05) is 13.2 Å². The van der Waals surface area contributed by atoms with E-state index in [1.807, 2.05) is 20.8 Å². The van der Waals surface area contributed by atoms with Gasteiger partial charge in [0.2, 0.25) is 0 Å². The maximum atomic E-state index is 11.8. The van der Waals surface area contributed by atoms with Gasteiger partial charge in [0.25, 0.3) is 0 Å². The molecule has 0 radical (unpaired) electrons. The summed E-state index contributed by atoms with van der Waals surface area (Å²) in [5.74, 6) is 0.643. The van der Waals surface area contributed by atoms with Crippen LogP contribution in [-0.4, -0.2) is 37.2 Å². The summed E-state index contributed by atoms with van der Waals surface area (Å²) in [7, 11) is 0. The second-order valence-electron chi connectivity index (χ2n) is 7.12. The summed E-state index contributed by atoms with van der Waals surface area (Å²) in [5.41, 5.74) is -0.434. The third-order valence-electron chi connectivity index (χ3n) is 3.99. The van der Waals surface area contributed by atoms with E-state index in [9.17, 15) is 4.79 Å². The molecular formula is C16H29NO4. The minimum atomic E-state index is -0.434. The van der Waals surface area contributed by atoms with Crippen LogP contribution in [0, 0.1) is 5.92 Å². The van der Waals surface area contributed by atoms with Gasteiger partial charge in [-0.05, 0) is 58.8 Å². The van der Waals surface area contributed by atoms with Crippen molar-refractivity contribution in [2.45, 2.75) is 77.2 Å². The van der Waals surface area contributed by atoms with E-state index < -0.39 is 5.60 Å². The topological polar surface area (TPSA) is 56.8 Å². The molecule has 5 nitrogen and oxygen atoms in total. The third kappa shape index (κ3) is 6.22. The van der Waals surface area contributed by atoms with Crippen LogP contribution in [0.5, 0.6) is 0 Å². The lowest BCUT2D eigenvalue weighted by Gasteiger charge is -2.32. The fourth-order valence-electron chi connectivity index (χ4n) is 2.96. The van der Waals surface area contributed by atoms with E-state index in [1.54, 1.807) is 0 Å². The Morgan fingerprint density at radius 3 is 2.33 bits per heavy atom. The molecule has 1 saturated carbocycles. The number of nitrogens with one attached hydrogen (secondary N) is 1. The number of rotatable bonds is 3. The minimum Gasteiger partial charge on any atom is -0.444 e. The van der Waals surface area contributed by atoms with Gasteiger partial charge in [0, 0.05) is 12.5 Å².